The molecule has 0 aromatic heterocycles. The number of sulfonamides is 1. The van der Waals surface area contributed by atoms with Crippen LogP contribution in [-0.4, -0.2) is 55.7 Å². The van der Waals surface area contributed by atoms with E-state index in [1.165, 1.54) is 6.07 Å². The molecule has 1 aliphatic rings. The molecule has 7 nitrogen and oxygen atoms in total. The lowest BCUT2D eigenvalue weighted by molar-refractivity contribution is 0.0693. The van der Waals surface area contributed by atoms with Crippen LogP contribution in [0.2, 0.25) is 0 Å². The van der Waals surface area contributed by atoms with E-state index < -0.39 is 27.3 Å². The molecule has 0 radical (unpaired) electrons. The molecule has 20 heavy (non-hydrogen) atoms. The van der Waals surface area contributed by atoms with Crippen molar-refractivity contribution in [2.24, 2.45) is 0 Å². The maximum Gasteiger partial charge on any atom is 0.339 e. The number of aromatic carboxylic acids is 1. The lowest BCUT2D eigenvalue weighted by atomic mass is 10.2. The second kappa shape index (κ2) is 5.39. The summed E-state index contributed by atoms with van der Waals surface area (Å²) in [5, 5.41) is 18.3. The van der Waals surface area contributed by atoms with Crippen molar-refractivity contribution in [1.82, 2.24) is 9.62 Å². The summed E-state index contributed by atoms with van der Waals surface area (Å²) in [5.41, 5.74) is -0.434. The smallest absolute Gasteiger partial charge is 0.339 e. The van der Waals surface area contributed by atoms with Crippen molar-refractivity contribution in [3.05, 3.63) is 23.8 Å². The van der Waals surface area contributed by atoms with Gasteiger partial charge in [-0.1, -0.05) is 0 Å². The van der Waals surface area contributed by atoms with Crippen LogP contribution in [0.4, 0.5) is 0 Å². The lowest BCUT2D eigenvalue weighted by Gasteiger charge is -2.13. The Bertz CT molecular complexity index is 629. The molecule has 0 bridgehead atoms. The van der Waals surface area contributed by atoms with Gasteiger partial charge < -0.3 is 15.1 Å². The fraction of sp³-hybridized carbons (Fsp3) is 0.417. The highest BCUT2D eigenvalue weighted by atomic mass is 32.2. The summed E-state index contributed by atoms with van der Waals surface area (Å²) < 4.78 is 26.9. The van der Waals surface area contributed by atoms with Crippen molar-refractivity contribution in [2.45, 2.75) is 17.4 Å². The molecule has 0 saturated carbocycles. The van der Waals surface area contributed by atoms with Crippen molar-refractivity contribution < 1.29 is 23.4 Å². The van der Waals surface area contributed by atoms with Gasteiger partial charge >= 0.3 is 5.97 Å². The van der Waals surface area contributed by atoms with Gasteiger partial charge in [0.05, 0.1) is 4.90 Å². The van der Waals surface area contributed by atoms with E-state index in [-0.39, 0.29) is 10.9 Å². The van der Waals surface area contributed by atoms with Crippen LogP contribution in [0.3, 0.4) is 0 Å². The van der Waals surface area contributed by atoms with Crippen molar-refractivity contribution in [3.8, 4) is 5.75 Å². The number of likely N-dealkylation sites (N-methyl/N-ethyl adjacent to an activating group) is 1. The predicted octanol–water partition coefficient (Wildman–Crippen LogP) is 0.0728. The first-order valence-electron chi connectivity index (χ1n) is 6.07. The topological polar surface area (TPSA) is 107 Å². The average molecular weight is 300 g/mol. The number of benzene rings is 1. The standard InChI is InChI=1S/C12H16N2O5S/c1-14-5-4-8(7-14)13-20(18,19)9-2-3-11(15)10(6-9)12(16)17/h2-3,6,8,13,15H,4-5,7H2,1H3,(H,16,17). The van der Waals surface area contributed by atoms with E-state index in [0.717, 1.165) is 18.7 Å². The number of hydrogen-bond donors (Lipinski definition) is 3. The highest BCUT2D eigenvalue weighted by Gasteiger charge is 2.26. The van der Waals surface area contributed by atoms with Gasteiger partial charge in [0, 0.05) is 12.6 Å². The summed E-state index contributed by atoms with van der Waals surface area (Å²) in [7, 11) is -1.89. The molecule has 0 amide bonds. The fourth-order valence-corrected chi connectivity index (χ4v) is 3.46. The number of nitrogens with one attached hydrogen (secondary N) is 1. The summed E-state index contributed by atoms with van der Waals surface area (Å²) in [6.07, 6.45) is 0.708. The summed E-state index contributed by atoms with van der Waals surface area (Å²) in [5.74, 6) is -1.84. The van der Waals surface area contributed by atoms with E-state index in [1.54, 1.807) is 0 Å². The third-order valence-corrected chi connectivity index (χ3v) is 4.74. The minimum Gasteiger partial charge on any atom is -0.507 e. The van der Waals surface area contributed by atoms with E-state index in [0.29, 0.717) is 13.0 Å². The number of hydrogen-bond acceptors (Lipinski definition) is 5. The van der Waals surface area contributed by atoms with Gasteiger partial charge in [0.15, 0.2) is 0 Å². The number of aromatic hydroxyl groups is 1. The quantitative estimate of drug-likeness (QED) is 0.726. The minimum absolute atomic E-state index is 0.165. The third-order valence-electron chi connectivity index (χ3n) is 3.22. The largest absolute Gasteiger partial charge is 0.507 e. The lowest BCUT2D eigenvalue weighted by Crippen LogP contribution is -2.36. The Morgan fingerprint density at radius 3 is 2.70 bits per heavy atom. The molecule has 1 saturated heterocycles. The number of nitrogens with zero attached hydrogens (tertiary/aromatic N) is 1. The highest BCUT2D eigenvalue weighted by Crippen LogP contribution is 2.22. The number of rotatable bonds is 4. The fourth-order valence-electron chi connectivity index (χ4n) is 2.17. The van der Waals surface area contributed by atoms with Crippen molar-refractivity contribution >= 4 is 16.0 Å². The molecule has 1 unspecified atom stereocenters. The molecule has 1 aliphatic heterocycles. The molecule has 1 aromatic rings. The first kappa shape index (κ1) is 14.8. The number of carboxylic acid groups (broad SMARTS) is 1. The van der Waals surface area contributed by atoms with Crippen molar-refractivity contribution in [3.63, 3.8) is 0 Å². The summed E-state index contributed by atoms with van der Waals surface area (Å²) in [4.78, 5) is 12.7. The summed E-state index contributed by atoms with van der Waals surface area (Å²) in [6.45, 7) is 1.42. The van der Waals surface area contributed by atoms with Crippen molar-refractivity contribution in [1.29, 1.82) is 0 Å². The summed E-state index contributed by atoms with van der Waals surface area (Å²) in [6, 6.07) is 3.02. The molecule has 1 fully saturated rings. The summed E-state index contributed by atoms with van der Waals surface area (Å²) >= 11 is 0. The first-order chi connectivity index (χ1) is 9.29. The number of carboxylic acids is 1. The molecule has 1 atom stereocenters. The monoisotopic (exact) mass is 300 g/mol. The van der Waals surface area contributed by atoms with Gasteiger partial charge in [-0.2, -0.15) is 0 Å². The van der Waals surface area contributed by atoms with Crippen LogP contribution < -0.4 is 4.72 Å². The predicted molar refractivity (Wildman–Crippen MR) is 71.3 cm³/mol. The number of likely N-dealkylation sites (tertiary alicyclic amines) is 1. The Balaban J connectivity index is 2.25. The Hall–Kier alpha value is -1.64. The van der Waals surface area contributed by atoms with E-state index in [4.69, 9.17) is 5.11 Å². The normalized spacial score (nSPS) is 20.1. The molecule has 0 spiro atoms. The van der Waals surface area contributed by atoms with Crippen molar-refractivity contribution in [2.75, 3.05) is 20.1 Å². The maximum absolute atomic E-state index is 12.2. The van der Waals surface area contributed by atoms with Gasteiger partial charge in [-0.25, -0.2) is 17.9 Å². The second-order valence-electron chi connectivity index (χ2n) is 4.85. The molecule has 8 heteroatoms. The molecular formula is C12H16N2O5S. The Labute approximate surface area is 116 Å². The highest BCUT2D eigenvalue weighted by molar-refractivity contribution is 7.89. The van der Waals surface area contributed by atoms with E-state index in [9.17, 15) is 18.3 Å². The molecule has 3 N–H and O–H groups in total. The zero-order valence-electron chi connectivity index (χ0n) is 10.9. The Kier molecular flexibility index (Phi) is 3.98. The van der Waals surface area contributed by atoms with E-state index in [1.807, 2.05) is 11.9 Å². The molecular weight excluding hydrogens is 284 g/mol. The van der Waals surface area contributed by atoms with Gasteiger partial charge in [0.25, 0.3) is 0 Å². The first-order valence-corrected chi connectivity index (χ1v) is 7.55. The Morgan fingerprint density at radius 2 is 2.15 bits per heavy atom. The minimum atomic E-state index is -3.79. The van der Waals surface area contributed by atoms with Gasteiger partial charge in [-0.15, -0.1) is 0 Å². The zero-order valence-corrected chi connectivity index (χ0v) is 11.7. The Morgan fingerprint density at radius 1 is 1.45 bits per heavy atom. The van der Waals surface area contributed by atoms with E-state index >= 15 is 0 Å². The van der Waals surface area contributed by atoms with Crippen LogP contribution in [0.25, 0.3) is 0 Å². The number of phenols is 1. The van der Waals surface area contributed by atoms with Gasteiger partial charge in [0.2, 0.25) is 10.0 Å². The third kappa shape index (κ3) is 3.09. The SMILES string of the molecule is CN1CCC(NS(=O)(=O)c2ccc(O)c(C(=O)O)c2)C1. The van der Waals surface area contributed by atoms with Crippen LogP contribution in [0.1, 0.15) is 16.8 Å². The zero-order chi connectivity index (χ0) is 14.9. The van der Waals surface area contributed by atoms with Crippen LogP contribution in [0.5, 0.6) is 5.75 Å². The van der Waals surface area contributed by atoms with Gasteiger partial charge in [0.1, 0.15) is 11.3 Å². The van der Waals surface area contributed by atoms with Crippen LogP contribution in [-0.2, 0) is 10.0 Å². The average Bonchev–Trinajstić information content (AvgIpc) is 2.73. The van der Waals surface area contributed by atoms with Gasteiger partial charge in [-0.05, 0) is 38.2 Å². The molecule has 110 valence electrons. The van der Waals surface area contributed by atoms with Crippen LogP contribution in [0, 0.1) is 0 Å². The van der Waals surface area contributed by atoms with Gasteiger partial charge in [-0.3, -0.25) is 0 Å². The molecule has 2 rings (SSSR count). The van der Waals surface area contributed by atoms with E-state index in [2.05, 4.69) is 4.72 Å². The molecule has 0 aliphatic carbocycles. The number of carbonyl (C=O) groups is 1. The van der Waals surface area contributed by atoms with Crippen LogP contribution >= 0.6 is 0 Å². The maximum atomic E-state index is 12.2. The van der Waals surface area contributed by atoms with Crippen LogP contribution in [0.15, 0.2) is 23.1 Å². The molecule has 1 heterocycles. The molecule has 1 aromatic carbocycles. The second-order valence-corrected chi connectivity index (χ2v) is 6.57.